The monoisotopic (exact) mass is 292 g/mol. The number of aliphatic carboxylic acids is 1. The van der Waals surface area contributed by atoms with E-state index in [4.69, 9.17) is 11.6 Å². The molecule has 2 aromatic rings. The smallest absolute Gasteiger partial charge is 0.311 e. The summed E-state index contributed by atoms with van der Waals surface area (Å²) in [5, 5.41) is 9.65. The van der Waals surface area contributed by atoms with E-state index in [-0.39, 0.29) is 17.0 Å². The highest BCUT2D eigenvalue weighted by Crippen LogP contribution is 2.28. The number of hydrogen-bond acceptors (Lipinski definition) is 1. The molecule has 0 amide bonds. The van der Waals surface area contributed by atoms with Crippen LogP contribution in [0.25, 0.3) is 0 Å². The summed E-state index contributed by atoms with van der Waals surface area (Å²) in [6.07, 6.45) is 0.0320. The molecule has 0 aromatic heterocycles. The third-order valence-electron chi connectivity index (χ3n) is 3.21. The summed E-state index contributed by atoms with van der Waals surface area (Å²) in [4.78, 5) is 11.5. The second-order valence-corrected chi connectivity index (χ2v) is 5.12. The van der Waals surface area contributed by atoms with E-state index in [1.807, 2.05) is 13.0 Å². The average molecular weight is 293 g/mol. The average Bonchev–Trinajstić information content (AvgIpc) is 2.38. The van der Waals surface area contributed by atoms with Gasteiger partial charge in [0.25, 0.3) is 0 Å². The SMILES string of the molecule is Cc1cccc(C(Cc2c(F)cccc2Cl)C(=O)O)c1. The van der Waals surface area contributed by atoms with Crippen LogP contribution in [0.3, 0.4) is 0 Å². The first-order valence-corrected chi connectivity index (χ1v) is 6.59. The van der Waals surface area contributed by atoms with Crippen LogP contribution in [0.1, 0.15) is 22.6 Å². The molecule has 104 valence electrons. The molecule has 0 aliphatic rings. The molecule has 2 rings (SSSR count). The van der Waals surface area contributed by atoms with Gasteiger partial charge in [-0.1, -0.05) is 47.5 Å². The van der Waals surface area contributed by atoms with Crippen molar-refractivity contribution in [3.63, 3.8) is 0 Å². The predicted octanol–water partition coefficient (Wildman–Crippen LogP) is 4.20. The molecule has 0 bridgehead atoms. The van der Waals surface area contributed by atoms with Crippen LogP contribution in [0.4, 0.5) is 4.39 Å². The van der Waals surface area contributed by atoms with Gasteiger partial charge in [0.15, 0.2) is 0 Å². The highest BCUT2D eigenvalue weighted by molar-refractivity contribution is 6.31. The fourth-order valence-corrected chi connectivity index (χ4v) is 2.41. The van der Waals surface area contributed by atoms with Crippen molar-refractivity contribution >= 4 is 17.6 Å². The van der Waals surface area contributed by atoms with Gasteiger partial charge in [-0.3, -0.25) is 4.79 Å². The molecule has 4 heteroatoms. The lowest BCUT2D eigenvalue weighted by Crippen LogP contribution is -2.15. The Labute approximate surface area is 121 Å². The van der Waals surface area contributed by atoms with Gasteiger partial charge in [-0.25, -0.2) is 4.39 Å². The van der Waals surface area contributed by atoms with Crippen molar-refractivity contribution in [2.45, 2.75) is 19.3 Å². The minimum Gasteiger partial charge on any atom is -0.481 e. The van der Waals surface area contributed by atoms with Gasteiger partial charge in [0.05, 0.1) is 5.92 Å². The summed E-state index contributed by atoms with van der Waals surface area (Å²) in [6, 6.07) is 11.6. The van der Waals surface area contributed by atoms with E-state index >= 15 is 0 Å². The van der Waals surface area contributed by atoms with Crippen LogP contribution in [0, 0.1) is 12.7 Å². The van der Waals surface area contributed by atoms with Crippen LogP contribution < -0.4 is 0 Å². The lowest BCUT2D eigenvalue weighted by atomic mass is 9.91. The number of benzene rings is 2. The number of carboxylic acid groups (broad SMARTS) is 1. The molecule has 0 fully saturated rings. The maximum Gasteiger partial charge on any atom is 0.311 e. The topological polar surface area (TPSA) is 37.3 Å². The quantitative estimate of drug-likeness (QED) is 0.917. The highest BCUT2D eigenvalue weighted by atomic mass is 35.5. The predicted molar refractivity (Wildman–Crippen MR) is 76.7 cm³/mol. The summed E-state index contributed by atoms with van der Waals surface area (Å²) in [6.45, 7) is 1.89. The van der Waals surface area contributed by atoms with E-state index < -0.39 is 17.7 Å². The Kier molecular flexibility index (Phi) is 4.40. The van der Waals surface area contributed by atoms with Gasteiger partial charge in [-0.15, -0.1) is 0 Å². The molecule has 1 unspecified atom stereocenters. The number of rotatable bonds is 4. The van der Waals surface area contributed by atoms with Crippen molar-refractivity contribution in [3.05, 3.63) is 70.0 Å². The van der Waals surface area contributed by atoms with Gasteiger partial charge in [0.1, 0.15) is 5.82 Å². The van der Waals surface area contributed by atoms with Gasteiger partial charge >= 0.3 is 5.97 Å². The van der Waals surface area contributed by atoms with Crippen LogP contribution in [0.2, 0.25) is 5.02 Å². The van der Waals surface area contributed by atoms with Gasteiger partial charge in [-0.05, 0) is 31.0 Å². The first kappa shape index (κ1) is 14.5. The second kappa shape index (κ2) is 6.06. The zero-order valence-electron chi connectivity index (χ0n) is 10.9. The van der Waals surface area contributed by atoms with Crippen molar-refractivity contribution in [2.24, 2.45) is 0 Å². The molecular weight excluding hydrogens is 279 g/mol. The molecule has 20 heavy (non-hydrogen) atoms. The van der Waals surface area contributed by atoms with Crippen LogP contribution in [0.5, 0.6) is 0 Å². The summed E-state index contributed by atoms with van der Waals surface area (Å²) in [5.41, 5.74) is 1.85. The minimum absolute atomic E-state index is 0.0320. The van der Waals surface area contributed by atoms with Crippen LogP contribution >= 0.6 is 11.6 Å². The molecule has 0 spiro atoms. The molecule has 0 heterocycles. The number of carbonyl (C=O) groups is 1. The molecule has 0 aliphatic carbocycles. The van der Waals surface area contributed by atoms with Crippen molar-refractivity contribution < 1.29 is 14.3 Å². The normalized spacial score (nSPS) is 12.2. The van der Waals surface area contributed by atoms with E-state index in [2.05, 4.69) is 0 Å². The first-order valence-electron chi connectivity index (χ1n) is 6.21. The third-order valence-corrected chi connectivity index (χ3v) is 3.57. The maximum absolute atomic E-state index is 13.8. The Hall–Kier alpha value is -1.87. The second-order valence-electron chi connectivity index (χ2n) is 4.71. The minimum atomic E-state index is -0.991. The largest absolute Gasteiger partial charge is 0.481 e. The van der Waals surface area contributed by atoms with E-state index in [1.54, 1.807) is 24.3 Å². The van der Waals surface area contributed by atoms with Crippen LogP contribution in [-0.2, 0) is 11.2 Å². The Morgan fingerprint density at radius 3 is 2.60 bits per heavy atom. The molecule has 0 saturated carbocycles. The zero-order chi connectivity index (χ0) is 14.7. The molecule has 2 aromatic carbocycles. The van der Waals surface area contributed by atoms with Crippen molar-refractivity contribution in [3.8, 4) is 0 Å². The van der Waals surface area contributed by atoms with Gasteiger partial charge in [0, 0.05) is 10.6 Å². The molecule has 1 atom stereocenters. The fourth-order valence-electron chi connectivity index (χ4n) is 2.17. The Bertz CT molecular complexity index is 620. The van der Waals surface area contributed by atoms with Crippen molar-refractivity contribution in [1.82, 2.24) is 0 Å². The Morgan fingerprint density at radius 2 is 2.00 bits per heavy atom. The van der Waals surface area contributed by atoms with Crippen molar-refractivity contribution in [2.75, 3.05) is 0 Å². The lowest BCUT2D eigenvalue weighted by Gasteiger charge is -2.15. The number of carboxylic acids is 1. The van der Waals surface area contributed by atoms with E-state index in [9.17, 15) is 14.3 Å². The van der Waals surface area contributed by atoms with Crippen LogP contribution in [0.15, 0.2) is 42.5 Å². The number of aryl methyl sites for hydroxylation is 1. The maximum atomic E-state index is 13.8. The summed E-state index contributed by atoms with van der Waals surface area (Å²) >= 11 is 5.96. The molecule has 0 saturated heterocycles. The summed E-state index contributed by atoms with van der Waals surface area (Å²) in [5.74, 6) is -2.28. The molecule has 0 aliphatic heterocycles. The van der Waals surface area contributed by atoms with E-state index in [0.717, 1.165) is 5.56 Å². The molecule has 2 nitrogen and oxygen atoms in total. The fraction of sp³-hybridized carbons (Fsp3) is 0.188. The van der Waals surface area contributed by atoms with Crippen LogP contribution in [-0.4, -0.2) is 11.1 Å². The summed E-state index contributed by atoms with van der Waals surface area (Å²) < 4.78 is 13.8. The third kappa shape index (κ3) is 3.17. The number of halogens is 2. The van der Waals surface area contributed by atoms with E-state index in [1.165, 1.54) is 12.1 Å². The molecule has 1 N–H and O–H groups in total. The number of hydrogen-bond donors (Lipinski definition) is 1. The van der Waals surface area contributed by atoms with Gasteiger partial charge in [-0.2, -0.15) is 0 Å². The Morgan fingerprint density at radius 1 is 1.30 bits per heavy atom. The van der Waals surface area contributed by atoms with Gasteiger partial charge < -0.3 is 5.11 Å². The highest BCUT2D eigenvalue weighted by Gasteiger charge is 2.23. The van der Waals surface area contributed by atoms with Gasteiger partial charge in [0.2, 0.25) is 0 Å². The Balaban J connectivity index is 2.38. The van der Waals surface area contributed by atoms with E-state index in [0.29, 0.717) is 5.56 Å². The zero-order valence-corrected chi connectivity index (χ0v) is 11.7. The molecule has 0 radical (unpaired) electrons. The first-order chi connectivity index (χ1) is 9.49. The summed E-state index contributed by atoms with van der Waals surface area (Å²) in [7, 11) is 0. The molecular formula is C16H14ClFO2. The lowest BCUT2D eigenvalue weighted by molar-refractivity contribution is -0.138. The van der Waals surface area contributed by atoms with Crippen molar-refractivity contribution in [1.29, 1.82) is 0 Å². The standard InChI is InChI=1S/C16H14ClFO2/c1-10-4-2-5-11(8-10)12(16(19)20)9-13-14(17)6-3-7-15(13)18/h2-8,12H,9H2,1H3,(H,19,20).